The number of hydrogen-bond acceptors (Lipinski definition) is 2. The molecule has 4 heteroatoms. The second kappa shape index (κ2) is 3.44. The second-order valence-electron chi connectivity index (χ2n) is 3.37. The van der Waals surface area contributed by atoms with E-state index in [1.54, 1.807) is 6.08 Å². The topological polar surface area (TPSA) is 29.1 Å². The van der Waals surface area contributed by atoms with Crippen molar-refractivity contribution in [2.24, 2.45) is 0 Å². The van der Waals surface area contributed by atoms with Crippen LogP contribution < -0.4 is 5.32 Å². The van der Waals surface area contributed by atoms with E-state index >= 15 is 0 Å². The molecule has 0 spiro atoms. The van der Waals surface area contributed by atoms with E-state index in [-0.39, 0.29) is 22.2 Å². The predicted molar refractivity (Wildman–Crippen MR) is 57.3 cm³/mol. The summed E-state index contributed by atoms with van der Waals surface area (Å²) in [6, 6.07) is -0.375. The molecule has 0 aromatic carbocycles. The molecule has 14 heavy (non-hydrogen) atoms. The van der Waals surface area contributed by atoms with Crippen LogP contribution in [-0.4, -0.2) is 17.2 Å². The van der Waals surface area contributed by atoms with Crippen LogP contribution in [0, 0.1) is 0 Å². The van der Waals surface area contributed by atoms with Crippen molar-refractivity contribution in [3.05, 3.63) is 34.5 Å². The minimum Gasteiger partial charge on any atom is -0.375 e. The molecule has 2 atom stereocenters. The first-order valence-corrected chi connectivity index (χ1v) is 5.11. The highest BCUT2D eigenvalue weighted by atomic mass is 35.5. The third kappa shape index (κ3) is 1.49. The largest absolute Gasteiger partial charge is 0.375 e. The summed E-state index contributed by atoms with van der Waals surface area (Å²) in [4.78, 5) is 11.7. The van der Waals surface area contributed by atoms with Crippen LogP contribution in [0.15, 0.2) is 34.5 Å². The zero-order chi connectivity index (χ0) is 10.3. The molecule has 0 fully saturated rings. The van der Waals surface area contributed by atoms with Crippen LogP contribution in [-0.2, 0) is 4.79 Å². The van der Waals surface area contributed by atoms with Crippen molar-refractivity contribution >= 4 is 29.0 Å². The fraction of sp³-hybridized carbons (Fsp3) is 0.300. The van der Waals surface area contributed by atoms with Gasteiger partial charge in [0.1, 0.15) is 6.04 Å². The number of carbonyl (C=O) groups is 1. The molecule has 2 nitrogen and oxygen atoms in total. The smallest absolute Gasteiger partial charge is 0.200 e. The van der Waals surface area contributed by atoms with Gasteiger partial charge < -0.3 is 5.32 Å². The minimum atomic E-state index is -0.375. The summed E-state index contributed by atoms with van der Waals surface area (Å²) in [7, 11) is 0. The lowest BCUT2D eigenvalue weighted by Gasteiger charge is -2.29. The maximum atomic E-state index is 11.7. The summed E-state index contributed by atoms with van der Waals surface area (Å²) in [6.45, 7) is 1.90. The molecule has 0 saturated heterocycles. The van der Waals surface area contributed by atoms with Gasteiger partial charge in [0.2, 0.25) is 0 Å². The van der Waals surface area contributed by atoms with Gasteiger partial charge in [0.05, 0.1) is 10.4 Å². The number of ketones is 1. The number of dihydropyridines is 1. The van der Waals surface area contributed by atoms with Crippen molar-refractivity contribution < 1.29 is 4.79 Å². The maximum Gasteiger partial charge on any atom is 0.200 e. The molecule has 2 aliphatic rings. The summed E-state index contributed by atoms with van der Waals surface area (Å²) in [5.41, 5.74) is 1.81. The molecule has 1 N–H and O–H groups in total. The Balaban J connectivity index is 2.43. The first kappa shape index (κ1) is 9.81. The normalized spacial score (nSPS) is 31.1. The monoisotopic (exact) mass is 229 g/mol. The van der Waals surface area contributed by atoms with Crippen molar-refractivity contribution in [3.63, 3.8) is 0 Å². The van der Waals surface area contributed by atoms with E-state index < -0.39 is 0 Å². The lowest BCUT2D eigenvalue weighted by molar-refractivity contribution is -0.116. The number of carbonyl (C=O) groups excluding carboxylic acids is 1. The number of alkyl halides is 1. The van der Waals surface area contributed by atoms with E-state index in [0.717, 1.165) is 11.3 Å². The van der Waals surface area contributed by atoms with Gasteiger partial charge in [-0.15, -0.1) is 11.6 Å². The summed E-state index contributed by atoms with van der Waals surface area (Å²) in [5.74, 6) is -0.109. The molecule has 2 unspecified atom stereocenters. The third-order valence-electron chi connectivity index (χ3n) is 2.34. The van der Waals surface area contributed by atoms with Crippen LogP contribution in [0.25, 0.3) is 0 Å². The van der Waals surface area contributed by atoms with Gasteiger partial charge in [0, 0.05) is 5.70 Å². The summed E-state index contributed by atoms with van der Waals surface area (Å²) >= 11 is 11.8. The molecule has 0 amide bonds. The molecule has 0 bridgehead atoms. The molecular weight excluding hydrogens is 221 g/mol. The highest BCUT2D eigenvalue weighted by molar-refractivity contribution is 6.45. The molecule has 0 saturated carbocycles. The molecular formula is C10H9Cl2NO. The quantitative estimate of drug-likeness (QED) is 0.645. The van der Waals surface area contributed by atoms with Crippen LogP contribution in [0.3, 0.4) is 0 Å². The second-order valence-corrected chi connectivity index (χ2v) is 4.25. The van der Waals surface area contributed by atoms with Gasteiger partial charge in [-0.1, -0.05) is 17.7 Å². The Kier molecular flexibility index (Phi) is 2.41. The third-order valence-corrected chi connectivity index (χ3v) is 3.03. The molecule has 1 aliphatic heterocycles. The van der Waals surface area contributed by atoms with Crippen molar-refractivity contribution in [2.45, 2.75) is 18.3 Å². The number of halogens is 2. The Morgan fingerprint density at radius 3 is 2.86 bits per heavy atom. The van der Waals surface area contributed by atoms with E-state index in [2.05, 4.69) is 5.32 Å². The van der Waals surface area contributed by atoms with Gasteiger partial charge in [-0.25, -0.2) is 0 Å². The van der Waals surface area contributed by atoms with E-state index in [0.29, 0.717) is 0 Å². The van der Waals surface area contributed by atoms with Crippen LogP contribution >= 0.6 is 23.2 Å². The van der Waals surface area contributed by atoms with Crippen LogP contribution in [0.5, 0.6) is 0 Å². The Bertz CT molecular complexity index is 382. The highest BCUT2D eigenvalue weighted by Gasteiger charge is 2.34. The summed E-state index contributed by atoms with van der Waals surface area (Å²) in [6.07, 6.45) is 5.36. The minimum absolute atomic E-state index is 0.109. The Hall–Kier alpha value is -0.730. The maximum absolute atomic E-state index is 11.7. The first-order chi connectivity index (χ1) is 6.59. The van der Waals surface area contributed by atoms with E-state index in [9.17, 15) is 4.79 Å². The predicted octanol–water partition coefficient (Wildman–Crippen LogP) is 2.10. The lowest BCUT2D eigenvalue weighted by Crippen LogP contribution is -2.43. The number of Topliss-reactive ketones (excluding diaryl/α,β-unsaturated/α-hetero) is 1. The number of hydrogen-bond donors (Lipinski definition) is 1. The number of rotatable bonds is 0. The summed E-state index contributed by atoms with van der Waals surface area (Å²) in [5, 5.41) is 2.99. The molecule has 0 radical (unpaired) electrons. The van der Waals surface area contributed by atoms with Gasteiger partial charge >= 0.3 is 0 Å². The summed E-state index contributed by atoms with van der Waals surface area (Å²) < 4.78 is 0. The van der Waals surface area contributed by atoms with Crippen molar-refractivity contribution in [2.75, 3.05) is 0 Å². The van der Waals surface area contributed by atoms with Gasteiger partial charge in [0.25, 0.3) is 0 Å². The molecule has 0 aromatic rings. The van der Waals surface area contributed by atoms with Crippen LogP contribution in [0.4, 0.5) is 0 Å². The van der Waals surface area contributed by atoms with Crippen LogP contribution in [0.2, 0.25) is 0 Å². The first-order valence-electron chi connectivity index (χ1n) is 4.30. The molecule has 1 heterocycles. The molecule has 2 rings (SSSR count). The number of nitrogens with one attached hydrogen (secondary N) is 1. The SMILES string of the molecule is CC1=CC=C2C(Cl)C=C(Cl)C(=O)C2N1. The average molecular weight is 230 g/mol. The van der Waals surface area contributed by atoms with Crippen LogP contribution in [0.1, 0.15) is 6.92 Å². The standard InChI is InChI=1S/C10H9Cl2NO/c1-5-2-3-6-7(11)4-8(12)10(14)9(6)13-5/h2-4,7,9,13H,1H3. The number of allylic oxidation sites excluding steroid dienone is 4. The average Bonchev–Trinajstić information content (AvgIpc) is 2.14. The van der Waals surface area contributed by atoms with E-state index in [1.807, 2.05) is 19.1 Å². The Morgan fingerprint density at radius 2 is 2.14 bits per heavy atom. The zero-order valence-electron chi connectivity index (χ0n) is 7.55. The van der Waals surface area contributed by atoms with Gasteiger partial charge in [-0.05, 0) is 24.6 Å². The van der Waals surface area contributed by atoms with Crippen molar-refractivity contribution in [3.8, 4) is 0 Å². The number of fused-ring (bicyclic) bond motifs is 1. The van der Waals surface area contributed by atoms with E-state index in [4.69, 9.17) is 23.2 Å². The van der Waals surface area contributed by atoms with Crippen molar-refractivity contribution in [1.29, 1.82) is 0 Å². The van der Waals surface area contributed by atoms with Gasteiger partial charge in [-0.2, -0.15) is 0 Å². The lowest BCUT2D eigenvalue weighted by atomic mass is 9.91. The molecule has 74 valence electrons. The van der Waals surface area contributed by atoms with Gasteiger partial charge in [-0.3, -0.25) is 4.79 Å². The van der Waals surface area contributed by atoms with Crippen molar-refractivity contribution in [1.82, 2.24) is 5.32 Å². The highest BCUT2D eigenvalue weighted by Crippen LogP contribution is 2.29. The fourth-order valence-electron chi connectivity index (χ4n) is 1.59. The Labute approximate surface area is 92.3 Å². The van der Waals surface area contributed by atoms with E-state index in [1.165, 1.54) is 0 Å². The fourth-order valence-corrected chi connectivity index (χ4v) is 2.21. The molecule has 1 aliphatic carbocycles. The zero-order valence-corrected chi connectivity index (χ0v) is 9.06. The molecule has 0 aromatic heterocycles. The van der Waals surface area contributed by atoms with Gasteiger partial charge in [0.15, 0.2) is 5.78 Å². The Morgan fingerprint density at radius 1 is 1.43 bits per heavy atom.